The molecule has 1 aliphatic heterocycles. The lowest BCUT2D eigenvalue weighted by molar-refractivity contribution is -0.123. The van der Waals surface area contributed by atoms with Crippen molar-refractivity contribution in [2.75, 3.05) is 20.2 Å². The zero-order valence-electron chi connectivity index (χ0n) is 13.9. The first kappa shape index (κ1) is 17.1. The Morgan fingerprint density at radius 1 is 1.30 bits per heavy atom. The molecule has 2 N–H and O–H groups in total. The van der Waals surface area contributed by atoms with Crippen LogP contribution >= 0.6 is 0 Å². The lowest BCUT2D eigenvalue weighted by atomic mass is 9.97. The van der Waals surface area contributed by atoms with Gasteiger partial charge in [0.2, 0.25) is 5.91 Å². The topological polar surface area (TPSA) is 81.9 Å². The van der Waals surface area contributed by atoms with Crippen molar-refractivity contribution < 1.29 is 19.1 Å². The van der Waals surface area contributed by atoms with Gasteiger partial charge in [-0.25, -0.2) is 0 Å². The Kier molecular flexibility index (Phi) is 5.47. The molecule has 1 atom stereocenters. The third-order valence-electron chi connectivity index (χ3n) is 3.88. The molecule has 0 saturated carbocycles. The molecule has 1 heterocycles. The Balaban J connectivity index is 2.17. The van der Waals surface area contributed by atoms with Gasteiger partial charge in [-0.3, -0.25) is 9.59 Å². The van der Waals surface area contributed by atoms with Gasteiger partial charge in [-0.1, -0.05) is 0 Å². The van der Waals surface area contributed by atoms with Crippen molar-refractivity contribution in [3.63, 3.8) is 0 Å². The van der Waals surface area contributed by atoms with E-state index in [0.29, 0.717) is 30.2 Å². The lowest BCUT2D eigenvalue weighted by Gasteiger charge is -2.31. The molecule has 1 aromatic carbocycles. The number of piperidine rings is 1. The van der Waals surface area contributed by atoms with Gasteiger partial charge in [0.05, 0.1) is 19.1 Å². The van der Waals surface area contributed by atoms with E-state index in [1.54, 1.807) is 30.2 Å². The highest BCUT2D eigenvalue weighted by atomic mass is 16.5. The molecule has 0 radical (unpaired) electrons. The van der Waals surface area contributed by atoms with Gasteiger partial charge in [0.15, 0.2) is 11.5 Å². The molecule has 1 saturated heterocycles. The standard InChI is InChI=1S/C17H24N2O4/c1-11(2)23-14-7-6-12(9-15(14)22-3)17(21)19-8-4-5-13(10-19)16(18)20/h6-7,9,11,13H,4-5,8,10H2,1-3H3,(H2,18,20). The molecular weight excluding hydrogens is 296 g/mol. The van der Waals surface area contributed by atoms with E-state index in [9.17, 15) is 9.59 Å². The highest BCUT2D eigenvalue weighted by Crippen LogP contribution is 2.30. The summed E-state index contributed by atoms with van der Waals surface area (Å²) < 4.78 is 11.0. The molecule has 0 bridgehead atoms. The third kappa shape index (κ3) is 4.15. The maximum Gasteiger partial charge on any atom is 0.254 e. The maximum absolute atomic E-state index is 12.6. The summed E-state index contributed by atoms with van der Waals surface area (Å²) in [4.78, 5) is 25.7. The van der Waals surface area contributed by atoms with Crippen molar-refractivity contribution in [1.82, 2.24) is 4.90 Å². The maximum atomic E-state index is 12.6. The van der Waals surface area contributed by atoms with Gasteiger partial charge >= 0.3 is 0 Å². The van der Waals surface area contributed by atoms with E-state index in [4.69, 9.17) is 15.2 Å². The molecule has 0 spiro atoms. The first-order valence-electron chi connectivity index (χ1n) is 7.85. The summed E-state index contributed by atoms with van der Waals surface area (Å²) in [6.45, 7) is 4.86. The molecule has 1 unspecified atom stereocenters. The summed E-state index contributed by atoms with van der Waals surface area (Å²) in [7, 11) is 1.54. The second-order valence-corrected chi connectivity index (χ2v) is 6.02. The highest BCUT2D eigenvalue weighted by Gasteiger charge is 2.28. The number of carbonyl (C=O) groups is 2. The minimum Gasteiger partial charge on any atom is -0.493 e. The summed E-state index contributed by atoms with van der Waals surface area (Å²) in [5.74, 6) is 0.393. The van der Waals surface area contributed by atoms with Crippen LogP contribution in [0.15, 0.2) is 18.2 Å². The quantitative estimate of drug-likeness (QED) is 0.897. The second kappa shape index (κ2) is 7.35. The van der Waals surface area contributed by atoms with Crippen LogP contribution in [-0.2, 0) is 4.79 Å². The summed E-state index contributed by atoms with van der Waals surface area (Å²) in [6, 6.07) is 5.13. The van der Waals surface area contributed by atoms with E-state index < -0.39 is 0 Å². The molecule has 23 heavy (non-hydrogen) atoms. The van der Waals surface area contributed by atoms with Crippen LogP contribution in [0.4, 0.5) is 0 Å². The molecule has 0 aliphatic carbocycles. The van der Waals surface area contributed by atoms with Crippen molar-refractivity contribution in [3.05, 3.63) is 23.8 Å². The number of nitrogens with two attached hydrogens (primary N) is 1. The van der Waals surface area contributed by atoms with E-state index >= 15 is 0 Å². The van der Waals surface area contributed by atoms with Crippen molar-refractivity contribution in [2.24, 2.45) is 11.7 Å². The van der Waals surface area contributed by atoms with Gasteiger partial charge in [0.25, 0.3) is 5.91 Å². The zero-order valence-corrected chi connectivity index (χ0v) is 13.9. The number of methoxy groups -OCH3 is 1. The van der Waals surface area contributed by atoms with Crippen molar-refractivity contribution >= 4 is 11.8 Å². The summed E-state index contributed by atoms with van der Waals surface area (Å²) >= 11 is 0. The fourth-order valence-electron chi connectivity index (χ4n) is 2.73. The average Bonchev–Trinajstić information content (AvgIpc) is 2.54. The number of likely N-dealkylation sites (tertiary alicyclic amines) is 1. The summed E-state index contributed by atoms with van der Waals surface area (Å²) in [5, 5.41) is 0. The predicted molar refractivity (Wildman–Crippen MR) is 86.6 cm³/mol. The number of hydrogen-bond donors (Lipinski definition) is 1. The smallest absolute Gasteiger partial charge is 0.254 e. The normalized spacial score (nSPS) is 17.9. The van der Waals surface area contributed by atoms with E-state index in [0.717, 1.165) is 12.8 Å². The predicted octanol–water partition coefficient (Wildman–Crippen LogP) is 1.82. The van der Waals surface area contributed by atoms with Crippen LogP contribution in [0.3, 0.4) is 0 Å². The average molecular weight is 320 g/mol. The fraction of sp³-hybridized carbons (Fsp3) is 0.529. The molecule has 126 valence electrons. The number of hydrogen-bond acceptors (Lipinski definition) is 4. The number of ether oxygens (including phenoxy) is 2. The number of nitrogens with zero attached hydrogens (tertiary/aromatic N) is 1. The minimum absolute atomic E-state index is 0.0175. The second-order valence-electron chi connectivity index (χ2n) is 6.02. The molecule has 0 aromatic heterocycles. The van der Waals surface area contributed by atoms with Crippen molar-refractivity contribution in [2.45, 2.75) is 32.8 Å². The Morgan fingerprint density at radius 2 is 2.04 bits per heavy atom. The Morgan fingerprint density at radius 3 is 2.65 bits per heavy atom. The van der Waals surface area contributed by atoms with Crippen LogP contribution in [0.25, 0.3) is 0 Å². The largest absolute Gasteiger partial charge is 0.493 e. The van der Waals surface area contributed by atoms with Crippen molar-refractivity contribution in [3.8, 4) is 11.5 Å². The molecule has 1 aromatic rings. The van der Waals surface area contributed by atoms with Crippen LogP contribution < -0.4 is 15.2 Å². The first-order valence-corrected chi connectivity index (χ1v) is 7.85. The van der Waals surface area contributed by atoms with Gasteiger partial charge in [0.1, 0.15) is 0 Å². The molecular formula is C17H24N2O4. The Labute approximate surface area is 136 Å². The van der Waals surface area contributed by atoms with E-state index in [-0.39, 0.29) is 23.8 Å². The molecule has 1 aliphatic rings. The van der Waals surface area contributed by atoms with Crippen LogP contribution in [0, 0.1) is 5.92 Å². The van der Waals surface area contributed by atoms with Gasteiger partial charge in [-0.2, -0.15) is 0 Å². The summed E-state index contributed by atoms with van der Waals surface area (Å²) in [5.41, 5.74) is 5.88. The van der Waals surface area contributed by atoms with Crippen LogP contribution in [0.2, 0.25) is 0 Å². The molecule has 6 nitrogen and oxygen atoms in total. The van der Waals surface area contributed by atoms with E-state index in [1.165, 1.54) is 0 Å². The first-order chi connectivity index (χ1) is 10.9. The van der Waals surface area contributed by atoms with Gasteiger partial charge < -0.3 is 20.1 Å². The van der Waals surface area contributed by atoms with E-state index in [2.05, 4.69) is 0 Å². The van der Waals surface area contributed by atoms with Gasteiger partial charge in [0, 0.05) is 18.7 Å². The number of rotatable bonds is 5. The molecule has 6 heteroatoms. The van der Waals surface area contributed by atoms with E-state index in [1.807, 2.05) is 13.8 Å². The molecule has 1 fully saturated rings. The minimum atomic E-state index is -0.347. The Bertz CT molecular complexity index is 586. The number of benzene rings is 1. The molecule has 2 amide bonds. The van der Waals surface area contributed by atoms with Gasteiger partial charge in [-0.05, 0) is 44.9 Å². The van der Waals surface area contributed by atoms with Gasteiger partial charge in [-0.15, -0.1) is 0 Å². The lowest BCUT2D eigenvalue weighted by Crippen LogP contribution is -2.44. The van der Waals surface area contributed by atoms with Crippen LogP contribution in [-0.4, -0.2) is 43.0 Å². The fourth-order valence-corrected chi connectivity index (χ4v) is 2.73. The zero-order chi connectivity index (χ0) is 17.0. The van der Waals surface area contributed by atoms with Crippen molar-refractivity contribution in [1.29, 1.82) is 0 Å². The van der Waals surface area contributed by atoms with Crippen LogP contribution in [0.5, 0.6) is 11.5 Å². The number of primary amides is 1. The number of amides is 2. The summed E-state index contributed by atoms with van der Waals surface area (Å²) in [6.07, 6.45) is 1.54. The SMILES string of the molecule is COc1cc(C(=O)N2CCCC(C(N)=O)C2)ccc1OC(C)C. The van der Waals surface area contributed by atoms with Crippen LogP contribution in [0.1, 0.15) is 37.0 Å². The number of carbonyl (C=O) groups excluding carboxylic acids is 2. The Hall–Kier alpha value is -2.24. The highest BCUT2D eigenvalue weighted by molar-refractivity contribution is 5.95. The molecule has 2 rings (SSSR count). The third-order valence-corrected chi connectivity index (χ3v) is 3.88. The monoisotopic (exact) mass is 320 g/mol.